The van der Waals surface area contributed by atoms with E-state index in [1.54, 1.807) is 13.2 Å². The van der Waals surface area contributed by atoms with Crippen LogP contribution in [-0.2, 0) is 16.1 Å². The van der Waals surface area contributed by atoms with Gasteiger partial charge in [-0.15, -0.1) is 11.3 Å². The third kappa shape index (κ3) is 5.01. The van der Waals surface area contributed by atoms with E-state index in [2.05, 4.69) is 15.1 Å². The van der Waals surface area contributed by atoms with Crippen LogP contribution in [0, 0.1) is 13.8 Å². The van der Waals surface area contributed by atoms with Gasteiger partial charge in [-0.25, -0.2) is 4.79 Å². The standard InChI is InChI=1S/C20H27N3O4S/c1-4-26-20(25)18-14(2)15(3)28-19(18)21-17(24)13-23-9-7-22(8-10-23)12-16-6-5-11-27-16/h5-6,11H,4,7-10,12-13H2,1-3H3,(H,21,24). The average Bonchev–Trinajstić information content (AvgIpc) is 3.25. The highest BCUT2D eigenvalue weighted by Crippen LogP contribution is 2.33. The predicted octanol–water partition coefficient (Wildman–Crippen LogP) is 2.89. The van der Waals surface area contributed by atoms with Crippen LogP contribution >= 0.6 is 11.3 Å². The lowest BCUT2D eigenvalue weighted by Crippen LogP contribution is -2.48. The number of piperazine rings is 1. The maximum absolute atomic E-state index is 12.5. The van der Waals surface area contributed by atoms with Crippen LogP contribution in [0.4, 0.5) is 5.00 Å². The fourth-order valence-corrected chi connectivity index (χ4v) is 4.33. The number of nitrogens with zero attached hydrogens (tertiary/aromatic N) is 2. The molecule has 1 N–H and O–H groups in total. The molecule has 3 rings (SSSR count). The molecule has 1 saturated heterocycles. The van der Waals surface area contributed by atoms with Crippen LogP contribution in [0.3, 0.4) is 0 Å². The van der Waals surface area contributed by atoms with Crippen LogP contribution < -0.4 is 5.32 Å². The molecule has 28 heavy (non-hydrogen) atoms. The summed E-state index contributed by atoms with van der Waals surface area (Å²) in [5, 5.41) is 3.49. The summed E-state index contributed by atoms with van der Waals surface area (Å²) in [5.41, 5.74) is 1.34. The third-order valence-corrected chi connectivity index (χ3v) is 6.03. The SMILES string of the molecule is CCOC(=O)c1c(NC(=O)CN2CCN(Cc3ccco3)CC2)sc(C)c1C. The second kappa shape index (κ2) is 9.36. The third-order valence-electron chi connectivity index (χ3n) is 4.91. The van der Waals surface area contributed by atoms with Crippen molar-refractivity contribution in [1.82, 2.24) is 9.80 Å². The molecule has 0 bridgehead atoms. The molecular formula is C20H27N3O4S. The van der Waals surface area contributed by atoms with Gasteiger partial charge in [-0.3, -0.25) is 14.6 Å². The molecule has 0 radical (unpaired) electrons. The number of anilines is 1. The van der Waals surface area contributed by atoms with Crippen LogP contribution in [0.2, 0.25) is 0 Å². The highest BCUT2D eigenvalue weighted by molar-refractivity contribution is 7.16. The van der Waals surface area contributed by atoms with Crippen LogP contribution in [0.15, 0.2) is 22.8 Å². The van der Waals surface area contributed by atoms with Crippen molar-refractivity contribution in [3.8, 4) is 0 Å². The van der Waals surface area contributed by atoms with Crippen molar-refractivity contribution in [1.29, 1.82) is 0 Å². The summed E-state index contributed by atoms with van der Waals surface area (Å²) < 4.78 is 10.5. The van der Waals surface area contributed by atoms with E-state index in [-0.39, 0.29) is 11.9 Å². The van der Waals surface area contributed by atoms with Crippen molar-refractivity contribution >= 4 is 28.2 Å². The lowest BCUT2D eigenvalue weighted by molar-refractivity contribution is -0.117. The van der Waals surface area contributed by atoms with Gasteiger partial charge in [0.05, 0.1) is 31.5 Å². The van der Waals surface area contributed by atoms with E-state index in [1.807, 2.05) is 26.0 Å². The van der Waals surface area contributed by atoms with Crippen LogP contribution in [0.5, 0.6) is 0 Å². The van der Waals surface area contributed by atoms with Crippen molar-refractivity contribution in [2.75, 3.05) is 44.6 Å². The topological polar surface area (TPSA) is 75.0 Å². The van der Waals surface area contributed by atoms with Crippen LogP contribution in [-0.4, -0.2) is 61.0 Å². The molecule has 0 saturated carbocycles. The van der Waals surface area contributed by atoms with Crippen molar-refractivity contribution < 1.29 is 18.7 Å². The highest BCUT2D eigenvalue weighted by atomic mass is 32.1. The number of rotatable bonds is 7. The number of hydrogen-bond donors (Lipinski definition) is 1. The first-order chi connectivity index (χ1) is 13.5. The van der Waals surface area contributed by atoms with Crippen LogP contribution in [0.1, 0.15) is 33.5 Å². The van der Waals surface area contributed by atoms with Gasteiger partial charge < -0.3 is 14.5 Å². The number of carbonyl (C=O) groups excluding carboxylic acids is 2. The van der Waals surface area contributed by atoms with Gasteiger partial charge in [0.1, 0.15) is 10.8 Å². The summed E-state index contributed by atoms with van der Waals surface area (Å²) in [7, 11) is 0. The first-order valence-corrected chi connectivity index (χ1v) is 10.3. The monoisotopic (exact) mass is 405 g/mol. The molecule has 2 aromatic rings. The summed E-state index contributed by atoms with van der Waals surface area (Å²) in [5.74, 6) is 0.471. The Bertz CT molecular complexity index is 808. The summed E-state index contributed by atoms with van der Waals surface area (Å²) >= 11 is 1.42. The number of amides is 1. The summed E-state index contributed by atoms with van der Waals surface area (Å²) in [6.07, 6.45) is 1.69. The fourth-order valence-electron chi connectivity index (χ4n) is 3.26. The molecule has 0 spiro atoms. The molecule has 0 atom stereocenters. The quantitative estimate of drug-likeness (QED) is 0.714. The molecule has 1 aliphatic heterocycles. The number of thiophene rings is 1. The van der Waals surface area contributed by atoms with Gasteiger partial charge in [0.2, 0.25) is 5.91 Å². The zero-order chi connectivity index (χ0) is 20.1. The molecule has 0 aromatic carbocycles. The van der Waals surface area contributed by atoms with Gasteiger partial charge in [0.15, 0.2) is 0 Å². The Morgan fingerprint density at radius 2 is 1.93 bits per heavy atom. The zero-order valence-electron chi connectivity index (χ0n) is 16.6. The van der Waals surface area contributed by atoms with Gasteiger partial charge in [-0.1, -0.05) is 0 Å². The molecule has 0 unspecified atom stereocenters. The molecule has 0 aliphatic carbocycles. The molecule has 152 valence electrons. The van der Waals surface area contributed by atoms with Crippen molar-refractivity contribution in [2.45, 2.75) is 27.3 Å². The normalized spacial score (nSPS) is 15.5. The fraction of sp³-hybridized carbons (Fsp3) is 0.500. The minimum Gasteiger partial charge on any atom is -0.468 e. The van der Waals surface area contributed by atoms with Gasteiger partial charge in [0.25, 0.3) is 0 Å². The predicted molar refractivity (Wildman–Crippen MR) is 109 cm³/mol. The van der Waals surface area contributed by atoms with Crippen molar-refractivity contribution in [3.63, 3.8) is 0 Å². The number of esters is 1. The molecule has 1 aliphatic rings. The summed E-state index contributed by atoms with van der Waals surface area (Å²) in [4.78, 5) is 30.2. The van der Waals surface area contributed by atoms with E-state index >= 15 is 0 Å². The number of hydrogen-bond acceptors (Lipinski definition) is 7. The maximum atomic E-state index is 12.5. The number of ether oxygens (including phenoxy) is 1. The minimum atomic E-state index is -0.383. The van der Waals surface area contributed by atoms with E-state index in [0.717, 1.165) is 48.9 Å². The van der Waals surface area contributed by atoms with Crippen molar-refractivity contribution in [2.24, 2.45) is 0 Å². The minimum absolute atomic E-state index is 0.105. The molecule has 2 aromatic heterocycles. The van der Waals surface area contributed by atoms with Crippen LogP contribution in [0.25, 0.3) is 0 Å². The summed E-state index contributed by atoms with van der Waals surface area (Å²) in [6, 6.07) is 3.88. The van der Waals surface area contributed by atoms with Crippen molar-refractivity contribution in [3.05, 3.63) is 40.2 Å². The number of furan rings is 1. The zero-order valence-corrected chi connectivity index (χ0v) is 17.4. The Kier molecular flexibility index (Phi) is 6.88. The number of nitrogens with one attached hydrogen (secondary N) is 1. The second-order valence-electron chi connectivity index (χ2n) is 6.89. The lowest BCUT2D eigenvalue weighted by Gasteiger charge is -2.33. The van der Waals surface area contributed by atoms with E-state index in [4.69, 9.17) is 9.15 Å². The lowest BCUT2D eigenvalue weighted by atomic mass is 10.1. The Morgan fingerprint density at radius 3 is 2.57 bits per heavy atom. The molecule has 1 fully saturated rings. The highest BCUT2D eigenvalue weighted by Gasteiger charge is 2.24. The first kappa shape index (κ1) is 20.6. The molecule has 7 nitrogen and oxygen atoms in total. The van der Waals surface area contributed by atoms with E-state index < -0.39 is 0 Å². The van der Waals surface area contributed by atoms with E-state index in [1.165, 1.54) is 11.3 Å². The Labute approximate surface area is 169 Å². The largest absolute Gasteiger partial charge is 0.468 e. The second-order valence-corrected chi connectivity index (χ2v) is 8.11. The Hall–Kier alpha value is -2.16. The van der Waals surface area contributed by atoms with Gasteiger partial charge >= 0.3 is 5.97 Å². The van der Waals surface area contributed by atoms with Gasteiger partial charge in [0, 0.05) is 31.1 Å². The smallest absolute Gasteiger partial charge is 0.341 e. The average molecular weight is 406 g/mol. The molecule has 3 heterocycles. The molecular weight excluding hydrogens is 378 g/mol. The maximum Gasteiger partial charge on any atom is 0.341 e. The Morgan fingerprint density at radius 1 is 1.21 bits per heavy atom. The van der Waals surface area contributed by atoms with E-state index in [0.29, 0.717) is 23.7 Å². The Balaban J connectivity index is 1.52. The molecule has 1 amide bonds. The number of aryl methyl sites for hydroxylation is 1. The molecule has 8 heteroatoms. The summed E-state index contributed by atoms with van der Waals surface area (Å²) in [6.45, 7) is 10.4. The van der Waals surface area contributed by atoms with Gasteiger partial charge in [-0.2, -0.15) is 0 Å². The van der Waals surface area contributed by atoms with E-state index in [9.17, 15) is 9.59 Å². The van der Waals surface area contributed by atoms with Gasteiger partial charge in [-0.05, 0) is 38.5 Å². The number of carbonyl (C=O) groups is 2. The first-order valence-electron chi connectivity index (χ1n) is 9.52.